The first kappa shape index (κ1) is 11.7. The second-order valence-electron chi connectivity index (χ2n) is 7.17. The molecule has 2 saturated carbocycles. The summed E-state index contributed by atoms with van der Waals surface area (Å²) in [6, 6.07) is 8.66. The Kier molecular flexibility index (Phi) is 2.43. The van der Waals surface area contributed by atoms with Crippen molar-refractivity contribution >= 4 is 5.78 Å². The van der Waals surface area contributed by atoms with Crippen molar-refractivity contribution in [3.05, 3.63) is 35.4 Å². The van der Waals surface area contributed by atoms with Crippen molar-refractivity contribution in [3.8, 4) is 0 Å². The Bertz CT molecular complexity index is 532. The average Bonchev–Trinajstić information content (AvgIpc) is 2.79. The molecule has 19 heavy (non-hydrogen) atoms. The van der Waals surface area contributed by atoms with E-state index in [0.29, 0.717) is 17.1 Å². The van der Waals surface area contributed by atoms with Crippen molar-refractivity contribution in [1.29, 1.82) is 0 Å². The molecule has 0 aliphatic heterocycles. The Morgan fingerprint density at radius 3 is 2.95 bits per heavy atom. The number of carbonyl (C=O) groups is 1. The van der Waals surface area contributed by atoms with Gasteiger partial charge in [-0.15, -0.1) is 0 Å². The summed E-state index contributed by atoms with van der Waals surface area (Å²) in [5.74, 6) is 2.17. The van der Waals surface area contributed by atoms with Gasteiger partial charge in [-0.1, -0.05) is 37.6 Å². The number of ketones is 1. The quantitative estimate of drug-likeness (QED) is 0.681. The molecule has 1 aromatic rings. The zero-order chi connectivity index (χ0) is 13.0. The summed E-state index contributed by atoms with van der Waals surface area (Å²) in [7, 11) is 0. The van der Waals surface area contributed by atoms with E-state index in [1.165, 1.54) is 43.2 Å². The fourth-order valence-corrected chi connectivity index (χ4v) is 5.35. The Morgan fingerprint density at radius 1 is 1.21 bits per heavy atom. The fourth-order valence-electron chi connectivity index (χ4n) is 5.35. The Morgan fingerprint density at radius 2 is 2.05 bits per heavy atom. The maximum atomic E-state index is 12.7. The number of hydrogen-bond acceptors (Lipinski definition) is 1. The van der Waals surface area contributed by atoms with Gasteiger partial charge in [-0.2, -0.15) is 0 Å². The Balaban J connectivity index is 1.80. The van der Waals surface area contributed by atoms with Gasteiger partial charge in [0.2, 0.25) is 0 Å². The molecule has 0 aromatic heterocycles. The number of benzene rings is 1. The molecule has 0 amide bonds. The minimum atomic E-state index is 0.223. The average molecular weight is 254 g/mol. The SMILES string of the molecule is C[C@@]12CCC[C@H]1[C@@H]1CCc3ccccc3[C@H]1C(=O)C2. The van der Waals surface area contributed by atoms with Gasteiger partial charge < -0.3 is 0 Å². The molecule has 100 valence electrons. The van der Waals surface area contributed by atoms with E-state index < -0.39 is 0 Å². The predicted molar refractivity (Wildman–Crippen MR) is 76.1 cm³/mol. The van der Waals surface area contributed by atoms with E-state index in [0.717, 1.165) is 12.3 Å². The highest BCUT2D eigenvalue weighted by Crippen LogP contribution is 2.59. The van der Waals surface area contributed by atoms with E-state index in [-0.39, 0.29) is 5.92 Å². The summed E-state index contributed by atoms with van der Waals surface area (Å²) in [5.41, 5.74) is 3.11. The molecular formula is C18H22O. The summed E-state index contributed by atoms with van der Waals surface area (Å²) in [5, 5.41) is 0. The second-order valence-corrected chi connectivity index (χ2v) is 7.17. The normalized spacial score (nSPS) is 40.5. The maximum absolute atomic E-state index is 12.7. The van der Waals surface area contributed by atoms with Crippen LogP contribution in [0.25, 0.3) is 0 Å². The van der Waals surface area contributed by atoms with E-state index in [4.69, 9.17) is 0 Å². The lowest BCUT2D eigenvalue weighted by Gasteiger charge is -2.48. The molecule has 3 aliphatic rings. The van der Waals surface area contributed by atoms with Crippen molar-refractivity contribution < 1.29 is 4.79 Å². The number of fused-ring (bicyclic) bond motifs is 5. The summed E-state index contributed by atoms with van der Waals surface area (Å²) in [6.45, 7) is 2.37. The first-order valence-corrected chi connectivity index (χ1v) is 7.79. The lowest BCUT2D eigenvalue weighted by molar-refractivity contribution is -0.130. The minimum absolute atomic E-state index is 0.223. The van der Waals surface area contributed by atoms with Crippen LogP contribution in [0.5, 0.6) is 0 Å². The van der Waals surface area contributed by atoms with Crippen LogP contribution in [0.2, 0.25) is 0 Å². The number of rotatable bonds is 0. The highest BCUT2D eigenvalue weighted by Gasteiger charge is 2.53. The molecule has 2 fully saturated rings. The van der Waals surface area contributed by atoms with E-state index >= 15 is 0 Å². The smallest absolute Gasteiger partial charge is 0.141 e. The van der Waals surface area contributed by atoms with Crippen molar-refractivity contribution in [1.82, 2.24) is 0 Å². The molecule has 0 bridgehead atoms. The summed E-state index contributed by atoms with van der Waals surface area (Å²) >= 11 is 0. The van der Waals surface area contributed by atoms with Crippen molar-refractivity contribution in [2.24, 2.45) is 17.3 Å². The lowest BCUT2D eigenvalue weighted by atomic mass is 9.55. The molecule has 0 spiro atoms. The van der Waals surface area contributed by atoms with Gasteiger partial charge in [0.05, 0.1) is 0 Å². The molecule has 1 nitrogen and oxygen atoms in total. The maximum Gasteiger partial charge on any atom is 0.141 e. The Hall–Kier alpha value is -1.11. The van der Waals surface area contributed by atoms with Crippen LogP contribution in [0.15, 0.2) is 24.3 Å². The number of Topliss-reactive ketones (excluding diaryl/α,β-unsaturated/α-hetero) is 1. The van der Waals surface area contributed by atoms with Gasteiger partial charge in [0.25, 0.3) is 0 Å². The van der Waals surface area contributed by atoms with E-state index in [2.05, 4.69) is 31.2 Å². The first-order chi connectivity index (χ1) is 9.19. The molecular weight excluding hydrogens is 232 g/mol. The van der Waals surface area contributed by atoms with E-state index in [9.17, 15) is 4.79 Å². The van der Waals surface area contributed by atoms with Gasteiger partial charge in [-0.3, -0.25) is 4.79 Å². The third kappa shape index (κ3) is 1.57. The predicted octanol–water partition coefficient (Wildman–Crippen LogP) is 4.11. The summed E-state index contributed by atoms with van der Waals surface area (Å²) in [6.07, 6.45) is 7.19. The van der Waals surface area contributed by atoms with Crippen molar-refractivity contribution in [3.63, 3.8) is 0 Å². The zero-order valence-corrected chi connectivity index (χ0v) is 11.7. The van der Waals surface area contributed by atoms with E-state index in [1.54, 1.807) is 0 Å². The third-order valence-electron chi connectivity index (χ3n) is 6.17. The van der Waals surface area contributed by atoms with Gasteiger partial charge in [0.15, 0.2) is 0 Å². The highest BCUT2D eigenvalue weighted by molar-refractivity contribution is 5.88. The molecule has 0 heterocycles. The molecule has 0 N–H and O–H groups in total. The number of hydrogen-bond donors (Lipinski definition) is 0. The molecule has 1 heteroatoms. The van der Waals surface area contributed by atoms with Crippen molar-refractivity contribution in [2.45, 2.75) is 51.4 Å². The number of aryl methyl sites for hydroxylation is 1. The molecule has 0 saturated heterocycles. The van der Waals surface area contributed by atoms with Crippen molar-refractivity contribution in [2.75, 3.05) is 0 Å². The van der Waals surface area contributed by atoms with Crippen LogP contribution in [-0.4, -0.2) is 5.78 Å². The largest absolute Gasteiger partial charge is 0.299 e. The molecule has 3 aliphatic carbocycles. The molecule has 4 rings (SSSR count). The summed E-state index contributed by atoms with van der Waals surface area (Å²) in [4.78, 5) is 12.7. The van der Waals surface area contributed by atoms with Gasteiger partial charge in [-0.05, 0) is 54.1 Å². The van der Waals surface area contributed by atoms with Crippen LogP contribution in [0.3, 0.4) is 0 Å². The molecule has 0 radical (unpaired) electrons. The van der Waals surface area contributed by atoms with Gasteiger partial charge in [0, 0.05) is 12.3 Å². The molecule has 4 atom stereocenters. The van der Waals surface area contributed by atoms with Crippen LogP contribution in [0.4, 0.5) is 0 Å². The van der Waals surface area contributed by atoms with Gasteiger partial charge in [0.1, 0.15) is 5.78 Å². The topological polar surface area (TPSA) is 17.1 Å². The lowest BCUT2D eigenvalue weighted by Crippen LogP contribution is -2.44. The van der Waals surface area contributed by atoms with Gasteiger partial charge in [-0.25, -0.2) is 0 Å². The van der Waals surface area contributed by atoms with Crippen LogP contribution in [0, 0.1) is 17.3 Å². The molecule has 0 unspecified atom stereocenters. The van der Waals surface area contributed by atoms with Crippen LogP contribution in [-0.2, 0) is 11.2 Å². The van der Waals surface area contributed by atoms with Gasteiger partial charge >= 0.3 is 0 Å². The standard InChI is InChI=1S/C18H22O/c1-18-10-4-7-15(18)14-9-8-12-5-2-3-6-13(12)17(14)16(19)11-18/h2-3,5-6,14-15,17H,4,7-11H2,1H3/t14-,15-,17+,18-/m0/s1. The molecule has 1 aromatic carbocycles. The van der Waals surface area contributed by atoms with Crippen LogP contribution in [0.1, 0.15) is 56.1 Å². The first-order valence-electron chi connectivity index (χ1n) is 7.79. The number of carbonyl (C=O) groups excluding carboxylic acids is 1. The third-order valence-corrected chi connectivity index (χ3v) is 6.17. The second kappa shape index (κ2) is 3.94. The summed E-state index contributed by atoms with van der Waals surface area (Å²) < 4.78 is 0. The van der Waals surface area contributed by atoms with Crippen LogP contribution >= 0.6 is 0 Å². The monoisotopic (exact) mass is 254 g/mol. The zero-order valence-electron chi connectivity index (χ0n) is 11.7. The minimum Gasteiger partial charge on any atom is -0.299 e. The highest BCUT2D eigenvalue weighted by atomic mass is 16.1. The fraction of sp³-hybridized carbons (Fsp3) is 0.611. The Labute approximate surface area is 115 Å². The van der Waals surface area contributed by atoms with E-state index in [1.807, 2.05) is 0 Å². The van der Waals surface area contributed by atoms with Crippen LogP contribution < -0.4 is 0 Å².